The van der Waals surface area contributed by atoms with Crippen molar-refractivity contribution in [2.45, 2.75) is 13.0 Å². The van der Waals surface area contributed by atoms with Crippen LogP contribution in [0.5, 0.6) is 0 Å². The lowest BCUT2D eigenvalue weighted by atomic mass is 10.1. The van der Waals surface area contributed by atoms with E-state index in [1.165, 1.54) is 6.07 Å². The van der Waals surface area contributed by atoms with Crippen LogP contribution in [0.1, 0.15) is 23.2 Å². The summed E-state index contributed by atoms with van der Waals surface area (Å²) in [5.74, 6) is -3.55. The molecule has 2 nitrogen and oxygen atoms in total. The first-order valence-electron chi connectivity index (χ1n) is 4.88. The fourth-order valence-corrected chi connectivity index (χ4v) is 1.50. The minimum absolute atomic E-state index is 0.101. The Morgan fingerprint density at radius 2 is 1.71 bits per heavy atom. The summed E-state index contributed by atoms with van der Waals surface area (Å²) < 4.78 is 43.8. The molecule has 0 saturated carbocycles. The van der Waals surface area contributed by atoms with Crippen LogP contribution in [0.2, 0.25) is 0 Å². The summed E-state index contributed by atoms with van der Waals surface area (Å²) in [4.78, 5) is 0. The van der Waals surface area contributed by atoms with Gasteiger partial charge in [-0.05, 0) is 36.8 Å². The van der Waals surface area contributed by atoms with Crippen LogP contribution in [-0.2, 0) is 0 Å². The topological polar surface area (TPSA) is 33.4 Å². The van der Waals surface area contributed by atoms with E-state index in [1.807, 2.05) is 0 Å². The maximum absolute atomic E-state index is 13.0. The van der Waals surface area contributed by atoms with Gasteiger partial charge in [0.25, 0.3) is 0 Å². The van der Waals surface area contributed by atoms with Crippen molar-refractivity contribution in [2.75, 3.05) is 0 Å². The van der Waals surface area contributed by atoms with Crippen molar-refractivity contribution in [3.63, 3.8) is 0 Å². The lowest BCUT2D eigenvalue weighted by Crippen LogP contribution is -2.02. The number of hydrogen-bond donors (Lipinski definition) is 1. The number of aliphatic hydroxyl groups is 1. The Morgan fingerprint density at radius 3 is 2.18 bits per heavy atom. The number of aliphatic hydroxyl groups excluding tert-OH is 1. The predicted octanol–water partition coefficient (Wildman–Crippen LogP) is 3.09. The van der Waals surface area contributed by atoms with Gasteiger partial charge in [0.2, 0.25) is 0 Å². The summed E-state index contributed by atoms with van der Waals surface area (Å²) in [5, 5.41) is 9.80. The van der Waals surface area contributed by atoms with Crippen LogP contribution in [-0.4, -0.2) is 5.11 Å². The van der Waals surface area contributed by atoms with Gasteiger partial charge >= 0.3 is 0 Å². The van der Waals surface area contributed by atoms with E-state index >= 15 is 0 Å². The molecule has 17 heavy (non-hydrogen) atoms. The SMILES string of the molecule is Cc1ccc(C(O)c2cc(F)c(F)c(F)c2)o1. The molecule has 0 aliphatic rings. The molecule has 1 aromatic carbocycles. The van der Waals surface area contributed by atoms with Gasteiger partial charge in [-0.2, -0.15) is 0 Å². The average Bonchev–Trinajstić information content (AvgIpc) is 2.71. The summed E-state index contributed by atoms with van der Waals surface area (Å²) in [6.45, 7) is 1.67. The van der Waals surface area contributed by atoms with Crippen molar-refractivity contribution >= 4 is 0 Å². The maximum Gasteiger partial charge on any atom is 0.194 e. The maximum atomic E-state index is 13.0. The van der Waals surface area contributed by atoms with Crippen molar-refractivity contribution < 1.29 is 22.7 Å². The Kier molecular flexibility index (Phi) is 2.93. The van der Waals surface area contributed by atoms with Crippen molar-refractivity contribution in [3.8, 4) is 0 Å². The summed E-state index contributed by atoms with van der Waals surface area (Å²) in [7, 11) is 0. The van der Waals surface area contributed by atoms with E-state index in [-0.39, 0.29) is 11.3 Å². The van der Waals surface area contributed by atoms with Crippen molar-refractivity contribution in [3.05, 3.63) is 58.8 Å². The molecule has 2 rings (SSSR count). The second-order valence-electron chi connectivity index (χ2n) is 3.65. The van der Waals surface area contributed by atoms with E-state index < -0.39 is 23.6 Å². The van der Waals surface area contributed by atoms with Crippen LogP contribution in [0.3, 0.4) is 0 Å². The number of hydrogen-bond acceptors (Lipinski definition) is 2. The predicted molar refractivity (Wildman–Crippen MR) is 53.8 cm³/mol. The molecule has 90 valence electrons. The Balaban J connectivity index is 2.41. The van der Waals surface area contributed by atoms with Crippen LogP contribution >= 0.6 is 0 Å². The largest absolute Gasteiger partial charge is 0.463 e. The van der Waals surface area contributed by atoms with Gasteiger partial charge < -0.3 is 9.52 Å². The third-order valence-electron chi connectivity index (χ3n) is 2.35. The molecule has 0 amide bonds. The Morgan fingerprint density at radius 1 is 1.12 bits per heavy atom. The third kappa shape index (κ3) is 2.19. The highest BCUT2D eigenvalue weighted by Gasteiger charge is 2.19. The molecule has 0 fully saturated rings. The fourth-order valence-electron chi connectivity index (χ4n) is 1.50. The first kappa shape index (κ1) is 11.7. The van der Waals surface area contributed by atoms with E-state index in [0.29, 0.717) is 5.76 Å². The Labute approximate surface area is 95.3 Å². The zero-order valence-corrected chi connectivity index (χ0v) is 8.88. The van der Waals surface area contributed by atoms with Crippen LogP contribution < -0.4 is 0 Å². The molecular formula is C12H9F3O2. The molecule has 1 heterocycles. The zero-order valence-electron chi connectivity index (χ0n) is 8.88. The molecule has 1 atom stereocenters. The molecule has 0 saturated heterocycles. The van der Waals surface area contributed by atoms with Gasteiger partial charge in [0, 0.05) is 0 Å². The Hall–Kier alpha value is -1.75. The summed E-state index contributed by atoms with van der Waals surface area (Å²) in [6, 6.07) is 4.57. The standard InChI is InChI=1S/C12H9F3O2/c1-6-2-3-10(17-6)12(16)7-4-8(13)11(15)9(14)5-7/h2-5,12,16H,1H3. The molecule has 0 radical (unpaired) electrons. The highest BCUT2D eigenvalue weighted by molar-refractivity contribution is 5.27. The summed E-state index contributed by atoms with van der Waals surface area (Å²) in [5.41, 5.74) is -0.101. The number of benzene rings is 1. The first-order valence-corrected chi connectivity index (χ1v) is 4.88. The molecule has 0 bridgehead atoms. The van der Waals surface area contributed by atoms with E-state index in [2.05, 4.69) is 0 Å². The van der Waals surface area contributed by atoms with Crippen molar-refractivity contribution in [2.24, 2.45) is 0 Å². The highest BCUT2D eigenvalue weighted by Crippen LogP contribution is 2.26. The average molecular weight is 242 g/mol. The molecule has 0 aliphatic heterocycles. The van der Waals surface area contributed by atoms with Gasteiger partial charge in [-0.15, -0.1) is 0 Å². The molecule has 0 aliphatic carbocycles. The molecule has 0 spiro atoms. The van der Waals surface area contributed by atoms with Gasteiger partial charge in [0.1, 0.15) is 17.6 Å². The van der Waals surface area contributed by atoms with E-state index in [1.54, 1.807) is 13.0 Å². The first-order chi connectivity index (χ1) is 7.99. The molecule has 5 heteroatoms. The molecule has 2 aromatic rings. The van der Waals surface area contributed by atoms with E-state index in [9.17, 15) is 18.3 Å². The van der Waals surface area contributed by atoms with Crippen molar-refractivity contribution in [1.29, 1.82) is 0 Å². The fraction of sp³-hybridized carbons (Fsp3) is 0.167. The lowest BCUT2D eigenvalue weighted by molar-refractivity contribution is 0.186. The molecule has 1 unspecified atom stereocenters. The van der Waals surface area contributed by atoms with Gasteiger partial charge in [-0.3, -0.25) is 0 Å². The number of aryl methyl sites for hydroxylation is 1. The minimum atomic E-state index is -1.56. The smallest absolute Gasteiger partial charge is 0.194 e. The number of halogens is 3. The van der Waals surface area contributed by atoms with E-state index in [0.717, 1.165) is 12.1 Å². The van der Waals surface area contributed by atoms with Gasteiger partial charge in [0.05, 0.1) is 0 Å². The Bertz CT molecular complexity index is 525. The molecular weight excluding hydrogens is 233 g/mol. The van der Waals surface area contributed by atoms with Gasteiger partial charge in [-0.1, -0.05) is 0 Å². The van der Waals surface area contributed by atoms with Gasteiger partial charge in [-0.25, -0.2) is 13.2 Å². The quantitative estimate of drug-likeness (QED) is 0.821. The second kappa shape index (κ2) is 4.25. The monoisotopic (exact) mass is 242 g/mol. The van der Waals surface area contributed by atoms with Gasteiger partial charge in [0.15, 0.2) is 17.5 Å². The second-order valence-corrected chi connectivity index (χ2v) is 3.65. The molecule has 1 N–H and O–H groups in total. The normalized spacial score (nSPS) is 12.8. The zero-order chi connectivity index (χ0) is 12.6. The van der Waals surface area contributed by atoms with Crippen LogP contribution in [0.4, 0.5) is 13.2 Å². The highest BCUT2D eigenvalue weighted by atomic mass is 19.2. The minimum Gasteiger partial charge on any atom is -0.463 e. The summed E-state index contributed by atoms with van der Waals surface area (Å²) >= 11 is 0. The van der Waals surface area contributed by atoms with E-state index in [4.69, 9.17) is 4.42 Å². The van der Waals surface area contributed by atoms with Crippen molar-refractivity contribution in [1.82, 2.24) is 0 Å². The van der Waals surface area contributed by atoms with Crippen LogP contribution in [0.25, 0.3) is 0 Å². The third-order valence-corrected chi connectivity index (χ3v) is 2.35. The van der Waals surface area contributed by atoms with Crippen LogP contribution in [0.15, 0.2) is 28.7 Å². The summed E-state index contributed by atoms with van der Waals surface area (Å²) in [6.07, 6.45) is -1.33. The number of furan rings is 1. The lowest BCUT2D eigenvalue weighted by Gasteiger charge is -2.09. The van der Waals surface area contributed by atoms with Crippen LogP contribution in [0, 0.1) is 24.4 Å². The molecule has 1 aromatic heterocycles. The number of rotatable bonds is 2.